The van der Waals surface area contributed by atoms with E-state index >= 15 is 0 Å². The summed E-state index contributed by atoms with van der Waals surface area (Å²) in [5.74, 6) is 0.379. The van der Waals surface area contributed by atoms with Crippen LogP contribution in [-0.2, 0) is 16.0 Å². The molecule has 1 aliphatic rings. The number of hydrogen-bond donors (Lipinski definition) is 2. The van der Waals surface area contributed by atoms with Crippen molar-refractivity contribution >= 4 is 17.5 Å². The summed E-state index contributed by atoms with van der Waals surface area (Å²) in [5.41, 5.74) is 4.24. The predicted octanol–water partition coefficient (Wildman–Crippen LogP) is 3.70. The van der Waals surface area contributed by atoms with Gasteiger partial charge in [-0.15, -0.1) is 0 Å². The summed E-state index contributed by atoms with van der Waals surface area (Å²) in [6.45, 7) is 7.68. The zero-order valence-electron chi connectivity index (χ0n) is 18.3. The lowest BCUT2D eigenvalue weighted by Gasteiger charge is -2.35. The Kier molecular flexibility index (Phi) is 7.63. The van der Waals surface area contributed by atoms with Crippen molar-refractivity contribution in [2.75, 3.05) is 25.0 Å². The standard InChI is InChI=1S/C25H33N3O2/c1-18-8-7-9-19(2)24(18)27-23(29)17-26-25(30)20(3)28-14-12-22(13-15-28)16-21-10-5-4-6-11-21/h4-11,20,22H,12-17H2,1-3H3,(H,26,30)(H,27,29)/t20-/m1/s1. The molecule has 0 aliphatic carbocycles. The summed E-state index contributed by atoms with van der Waals surface area (Å²) in [4.78, 5) is 27.1. The van der Waals surface area contributed by atoms with E-state index in [-0.39, 0.29) is 24.4 Å². The Labute approximate surface area is 179 Å². The Hall–Kier alpha value is -2.66. The Bertz CT molecular complexity index is 838. The van der Waals surface area contributed by atoms with E-state index in [1.807, 2.05) is 39.0 Å². The molecule has 0 spiro atoms. The van der Waals surface area contributed by atoms with Crippen molar-refractivity contribution in [2.24, 2.45) is 5.92 Å². The van der Waals surface area contributed by atoms with Gasteiger partial charge in [0, 0.05) is 5.69 Å². The molecule has 0 aromatic heterocycles. The Morgan fingerprint density at radius 1 is 1.00 bits per heavy atom. The van der Waals surface area contributed by atoms with Gasteiger partial charge in [-0.25, -0.2) is 0 Å². The van der Waals surface area contributed by atoms with Crippen molar-refractivity contribution in [3.63, 3.8) is 0 Å². The molecule has 0 radical (unpaired) electrons. The van der Waals surface area contributed by atoms with Gasteiger partial charge in [0.25, 0.3) is 0 Å². The number of carbonyl (C=O) groups excluding carboxylic acids is 2. The summed E-state index contributed by atoms with van der Waals surface area (Å²) < 4.78 is 0. The SMILES string of the molecule is Cc1cccc(C)c1NC(=O)CNC(=O)[C@@H](C)N1CCC(Cc2ccccc2)CC1. The van der Waals surface area contributed by atoms with Gasteiger partial charge in [-0.2, -0.15) is 0 Å². The van der Waals surface area contributed by atoms with Gasteiger partial charge in [0.15, 0.2) is 0 Å². The number of para-hydroxylation sites is 1. The zero-order chi connectivity index (χ0) is 21.5. The molecule has 1 fully saturated rings. The van der Waals surface area contributed by atoms with Crippen LogP contribution in [0.25, 0.3) is 0 Å². The highest BCUT2D eigenvalue weighted by Gasteiger charge is 2.26. The highest BCUT2D eigenvalue weighted by atomic mass is 16.2. The first kappa shape index (κ1) is 22.0. The molecule has 2 aromatic carbocycles. The minimum absolute atomic E-state index is 0.0125. The molecular formula is C25H33N3O2. The first-order valence-electron chi connectivity index (χ1n) is 10.9. The zero-order valence-corrected chi connectivity index (χ0v) is 18.3. The molecule has 160 valence electrons. The molecule has 5 heteroatoms. The van der Waals surface area contributed by atoms with Crippen molar-refractivity contribution < 1.29 is 9.59 Å². The maximum Gasteiger partial charge on any atom is 0.243 e. The van der Waals surface area contributed by atoms with Gasteiger partial charge in [0.05, 0.1) is 12.6 Å². The molecule has 3 rings (SSSR count). The number of nitrogens with one attached hydrogen (secondary N) is 2. The monoisotopic (exact) mass is 407 g/mol. The molecule has 0 bridgehead atoms. The Morgan fingerprint density at radius 2 is 1.63 bits per heavy atom. The van der Waals surface area contributed by atoms with E-state index in [1.165, 1.54) is 5.56 Å². The topological polar surface area (TPSA) is 61.4 Å². The van der Waals surface area contributed by atoms with Gasteiger partial charge in [0.1, 0.15) is 0 Å². The number of benzene rings is 2. The molecular weight excluding hydrogens is 374 g/mol. The number of nitrogens with zero attached hydrogens (tertiary/aromatic N) is 1. The molecule has 30 heavy (non-hydrogen) atoms. The Morgan fingerprint density at radius 3 is 2.27 bits per heavy atom. The van der Waals surface area contributed by atoms with Gasteiger partial charge < -0.3 is 10.6 Å². The van der Waals surface area contributed by atoms with Gasteiger partial charge in [-0.1, -0.05) is 48.5 Å². The number of hydrogen-bond acceptors (Lipinski definition) is 3. The molecule has 1 saturated heterocycles. The molecule has 2 aromatic rings. The number of amides is 2. The van der Waals surface area contributed by atoms with Crippen LogP contribution in [0.4, 0.5) is 5.69 Å². The van der Waals surface area contributed by atoms with Crippen LogP contribution in [0.15, 0.2) is 48.5 Å². The van der Waals surface area contributed by atoms with E-state index < -0.39 is 0 Å². The fraction of sp³-hybridized carbons (Fsp3) is 0.440. The second kappa shape index (κ2) is 10.4. The summed E-state index contributed by atoms with van der Waals surface area (Å²) in [5, 5.41) is 5.71. The van der Waals surface area contributed by atoms with Crippen molar-refractivity contribution in [1.29, 1.82) is 0 Å². The highest BCUT2D eigenvalue weighted by Crippen LogP contribution is 2.23. The number of carbonyl (C=O) groups is 2. The second-order valence-electron chi connectivity index (χ2n) is 8.38. The molecule has 0 unspecified atom stereocenters. The third kappa shape index (κ3) is 5.92. The molecule has 2 amide bonds. The fourth-order valence-corrected chi connectivity index (χ4v) is 4.17. The van der Waals surface area contributed by atoms with Crippen LogP contribution in [0.5, 0.6) is 0 Å². The molecule has 1 aliphatic heterocycles. The molecule has 5 nitrogen and oxygen atoms in total. The molecule has 2 N–H and O–H groups in total. The maximum atomic E-state index is 12.6. The average Bonchev–Trinajstić information content (AvgIpc) is 2.75. The van der Waals surface area contributed by atoms with Crippen LogP contribution >= 0.6 is 0 Å². The van der Waals surface area contributed by atoms with Crippen LogP contribution in [0.2, 0.25) is 0 Å². The largest absolute Gasteiger partial charge is 0.346 e. The van der Waals surface area contributed by atoms with Crippen molar-refractivity contribution in [3.8, 4) is 0 Å². The quantitative estimate of drug-likeness (QED) is 0.736. The molecule has 1 atom stereocenters. The fourth-order valence-electron chi connectivity index (χ4n) is 4.17. The van der Waals surface area contributed by atoms with Crippen molar-refractivity contribution in [1.82, 2.24) is 10.2 Å². The summed E-state index contributed by atoms with van der Waals surface area (Å²) in [6, 6.07) is 16.3. The summed E-state index contributed by atoms with van der Waals surface area (Å²) >= 11 is 0. The molecule has 1 heterocycles. The smallest absolute Gasteiger partial charge is 0.243 e. The minimum Gasteiger partial charge on any atom is -0.346 e. The van der Waals surface area contributed by atoms with E-state index in [0.717, 1.165) is 49.2 Å². The summed E-state index contributed by atoms with van der Waals surface area (Å²) in [7, 11) is 0. The Balaban J connectivity index is 1.42. The lowest BCUT2D eigenvalue weighted by molar-refractivity contribution is -0.128. The number of anilines is 1. The first-order chi connectivity index (χ1) is 14.4. The van der Waals surface area contributed by atoms with E-state index in [9.17, 15) is 9.59 Å². The van der Waals surface area contributed by atoms with Crippen LogP contribution in [0, 0.1) is 19.8 Å². The lowest BCUT2D eigenvalue weighted by Crippen LogP contribution is -2.49. The third-order valence-corrected chi connectivity index (χ3v) is 6.11. The van der Waals surface area contributed by atoms with Crippen LogP contribution in [-0.4, -0.2) is 42.4 Å². The van der Waals surface area contributed by atoms with Crippen LogP contribution < -0.4 is 10.6 Å². The maximum absolute atomic E-state index is 12.6. The van der Waals surface area contributed by atoms with E-state index in [0.29, 0.717) is 5.92 Å². The number of rotatable bonds is 7. The highest BCUT2D eigenvalue weighted by molar-refractivity contribution is 5.96. The number of piperidine rings is 1. The minimum atomic E-state index is -0.226. The first-order valence-corrected chi connectivity index (χ1v) is 10.9. The number of likely N-dealkylation sites (tertiary alicyclic amines) is 1. The van der Waals surface area contributed by atoms with E-state index in [4.69, 9.17) is 0 Å². The normalized spacial score (nSPS) is 16.1. The van der Waals surface area contributed by atoms with E-state index in [2.05, 4.69) is 45.9 Å². The van der Waals surface area contributed by atoms with Gasteiger partial charge in [0.2, 0.25) is 11.8 Å². The summed E-state index contributed by atoms with van der Waals surface area (Å²) in [6.07, 6.45) is 3.30. The average molecular weight is 408 g/mol. The van der Waals surface area contributed by atoms with Gasteiger partial charge in [-0.3, -0.25) is 14.5 Å². The number of aryl methyl sites for hydroxylation is 2. The van der Waals surface area contributed by atoms with Crippen molar-refractivity contribution in [2.45, 2.75) is 46.1 Å². The second-order valence-corrected chi connectivity index (χ2v) is 8.38. The van der Waals surface area contributed by atoms with Gasteiger partial charge in [-0.05, 0) is 75.7 Å². The van der Waals surface area contributed by atoms with Crippen LogP contribution in [0.1, 0.15) is 36.5 Å². The lowest BCUT2D eigenvalue weighted by atomic mass is 9.89. The predicted molar refractivity (Wildman–Crippen MR) is 121 cm³/mol. The van der Waals surface area contributed by atoms with Gasteiger partial charge >= 0.3 is 0 Å². The molecule has 0 saturated carbocycles. The van der Waals surface area contributed by atoms with E-state index in [1.54, 1.807) is 0 Å². The third-order valence-electron chi connectivity index (χ3n) is 6.11. The van der Waals surface area contributed by atoms with Crippen LogP contribution in [0.3, 0.4) is 0 Å². The van der Waals surface area contributed by atoms with Crippen molar-refractivity contribution in [3.05, 3.63) is 65.2 Å².